The van der Waals surface area contributed by atoms with E-state index in [1.807, 2.05) is 0 Å². The molecule has 0 aliphatic rings. The van der Waals surface area contributed by atoms with Crippen LogP contribution in [0.15, 0.2) is 35.7 Å². The van der Waals surface area contributed by atoms with Crippen molar-refractivity contribution in [3.05, 3.63) is 52.9 Å². The molecule has 1 amide bonds. The summed E-state index contributed by atoms with van der Waals surface area (Å²) in [5.41, 5.74) is 0.156. The van der Waals surface area contributed by atoms with Crippen molar-refractivity contribution in [3.63, 3.8) is 0 Å². The largest absolute Gasteiger partial charge is 0.302 e. The average Bonchev–Trinajstić information content (AvgIpc) is 2.86. The number of thiazole rings is 1. The van der Waals surface area contributed by atoms with Crippen molar-refractivity contribution in [2.75, 3.05) is 0 Å². The van der Waals surface area contributed by atoms with Gasteiger partial charge in [0.2, 0.25) is 0 Å². The molecule has 5 nitrogen and oxygen atoms in total. The normalized spacial score (nSPS) is 11.6. The molecule has 3 aromatic rings. The predicted octanol–water partition coefficient (Wildman–Crippen LogP) is 2.15. The number of fused-ring (bicyclic) bond motifs is 1. The highest BCUT2D eigenvalue weighted by atomic mass is 32.1. The molecule has 114 valence electrons. The first kappa shape index (κ1) is 15.0. The van der Waals surface area contributed by atoms with E-state index in [2.05, 4.69) is 20.9 Å². The Bertz CT molecular complexity index is 1000. The van der Waals surface area contributed by atoms with Crippen LogP contribution in [-0.4, -0.2) is 20.4 Å². The van der Waals surface area contributed by atoms with Crippen molar-refractivity contribution in [1.29, 1.82) is 0 Å². The standard InChI is InChI=1S/C15H8F2N4OS/c1-2-5-21-13-10(17)6-9(16)7-12(13)23-15(21)20-14(22)11-8-18-3-4-19-11/h1,3-4,6-8H,5H2. The van der Waals surface area contributed by atoms with Gasteiger partial charge >= 0.3 is 0 Å². The zero-order valence-electron chi connectivity index (χ0n) is 11.5. The van der Waals surface area contributed by atoms with Crippen molar-refractivity contribution in [1.82, 2.24) is 14.5 Å². The quantitative estimate of drug-likeness (QED) is 0.677. The predicted molar refractivity (Wildman–Crippen MR) is 80.5 cm³/mol. The Morgan fingerprint density at radius 3 is 2.91 bits per heavy atom. The second-order valence-corrected chi connectivity index (χ2v) is 5.43. The van der Waals surface area contributed by atoms with E-state index in [4.69, 9.17) is 6.42 Å². The Morgan fingerprint density at radius 2 is 2.22 bits per heavy atom. The third kappa shape index (κ3) is 2.86. The van der Waals surface area contributed by atoms with Gasteiger partial charge < -0.3 is 4.57 Å². The maximum absolute atomic E-state index is 14.0. The van der Waals surface area contributed by atoms with Crippen LogP contribution in [0.5, 0.6) is 0 Å². The van der Waals surface area contributed by atoms with Gasteiger partial charge in [-0.05, 0) is 6.07 Å². The van der Waals surface area contributed by atoms with Gasteiger partial charge in [0.25, 0.3) is 5.91 Å². The maximum Gasteiger partial charge on any atom is 0.299 e. The molecule has 0 aliphatic carbocycles. The average molecular weight is 330 g/mol. The van der Waals surface area contributed by atoms with Gasteiger partial charge in [0.15, 0.2) is 10.6 Å². The third-order valence-electron chi connectivity index (χ3n) is 2.92. The number of terminal acetylenes is 1. The van der Waals surface area contributed by atoms with E-state index in [1.165, 1.54) is 29.2 Å². The number of rotatable bonds is 2. The topological polar surface area (TPSA) is 60.1 Å². The molecular formula is C15H8F2N4OS. The number of benzene rings is 1. The van der Waals surface area contributed by atoms with Crippen LogP contribution in [-0.2, 0) is 6.54 Å². The van der Waals surface area contributed by atoms with Gasteiger partial charge in [-0.3, -0.25) is 9.78 Å². The lowest BCUT2D eigenvalue weighted by Crippen LogP contribution is -2.17. The lowest BCUT2D eigenvalue weighted by atomic mass is 10.3. The molecule has 0 saturated heterocycles. The minimum Gasteiger partial charge on any atom is -0.302 e. The fourth-order valence-electron chi connectivity index (χ4n) is 2.01. The van der Waals surface area contributed by atoms with E-state index >= 15 is 0 Å². The van der Waals surface area contributed by atoms with Crippen LogP contribution in [0, 0.1) is 24.0 Å². The smallest absolute Gasteiger partial charge is 0.299 e. The number of amides is 1. The summed E-state index contributed by atoms with van der Waals surface area (Å²) < 4.78 is 29.0. The van der Waals surface area contributed by atoms with Gasteiger partial charge in [0.1, 0.15) is 11.5 Å². The van der Waals surface area contributed by atoms with Crippen LogP contribution < -0.4 is 4.80 Å². The highest BCUT2D eigenvalue weighted by molar-refractivity contribution is 7.16. The molecule has 0 radical (unpaired) electrons. The van der Waals surface area contributed by atoms with E-state index in [0.29, 0.717) is 4.70 Å². The molecule has 0 fully saturated rings. The highest BCUT2D eigenvalue weighted by Crippen LogP contribution is 2.22. The van der Waals surface area contributed by atoms with Crippen molar-refractivity contribution in [2.45, 2.75) is 6.54 Å². The number of hydrogen-bond donors (Lipinski definition) is 0. The summed E-state index contributed by atoms with van der Waals surface area (Å²) in [7, 11) is 0. The van der Waals surface area contributed by atoms with Crippen molar-refractivity contribution < 1.29 is 13.6 Å². The molecule has 0 N–H and O–H groups in total. The summed E-state index contributed by atoms with van der Waals surface area (Å²) in [4.78, 5) is 23.8. The SMILES string of the molecule is C#CCn1c(=NC(=O)c2cnccn2)sc2cc(F)cc(F)c21. The summed E-state index contributed by atoms with van der Waals surface area (Å²) >= 11 is 0.967. The first-order valence-corrected chi connectivity index (χ1v) is 7.18. The van der Waals surface area contributed by atoms with Gasteiger partial charge in [-0.25, -0.2) is 13.8 Å². The van der Waals surface area contributed by atoms with Crippen molar-refractivity contribution in [2.24, 2.45) is 4.99 Å². The minimum atomic E-state index is -0.764. The first-order valence-electron chi connectivity index (χ1n) is 6.37. The fourth-order valence-corrected chi connectivity index (χ4v) is 3.07. The summed E-state index contributed by atoms with van der Waals surface area (Å²) in [6, 6.07) is 1.93. The Hall–Kier alpha value is -2.92. The van der Waals surface area contributed by atoms with Gasteiger partial charge in [-0.2, -0.15) is 4.99 Å². The molecule has 0 atom stereocenters. The molecule has 0 saturated carbocycles. The maximum atomic E-state index is 14.0. The van der Waals surface area contributed by atoms with Crippen LogP contribution in [0.4, 0.5) is 8.78 Å². The number of aromatic nitrogens is 3. The molecule has 2 aromatic heterocycles. The molecule has 8 heteroatoms. The van der Waals surface area contributed by atoms with E-state index in [0.717, 1.165) is 17.4 Å². The number of nitrogens with zero attached hydrogens (tertiary/aromatic N) is 4. The summed E-state index contributed by atoms with van der Waals surface area (Å²) in [6.45, 7) is -0.00483. The van der Waals surface area contributed by atoms with E-state index in [9.17, 15) is 13.6 Å². The molecular weight excluding hydrogens is 322 g/mol. The Morgan fingerprint density at radius 1 is 1.39 bits per heavy atom. The zero-order chi connectivity index (χ0) is 16.4. The number of carbonyl (C=O) groups is 1. The zero-order valence-corrected chi connectivity index (χ0v) is 12.3. The Balaban J connectivity index is 2.23. The van der Waals surface area contributed by atoms with Crippen LogP contribution in [0.25, 0.3) is 10.2 Å². The lowest BCUT2D eigenvalue weighted by molar-refractivity contribution is 0.0992. The second-order valence-electron chi connectivity index (χ2n) is 4.42. The minimum absolute atomic E-state index is 0.00483. The van der Waals surface area contributed by atoms with Crippen molar-refractivity contribution >= 4 is 27.5 Å². The van der Waals surface area contributed by atoms with Gasteiger partial charge in [-0.1, -0.05) is 17.3 Å². The van der Waals surface area contributed by atoms with Gasteiger partial charge in [-0.15, -0.1) is 6.42 Å². The molecule has 0 unspecified atom stereocenters. The number of halogens is 2. The van der Waals surface area contributed by atoms with Crippen LogP contribution in [0.2, 0.25) is 0 Å². The molecule has 2 heterocycles. The monoisotopic (exact) mass is 330 g/mol. The van der Waals surface area contributed by atoms with Crippen LogP contribution in [0.3, 0.4) is 0 Å². The Labute approximate surface area is 133 Å². The first-order chi connectivity index (χ1) is 11.1. The van der Waals surface area contributed by atoms with Gasteiger partial charge in [0.05, 0.1) is 23.0 Å². The summed E-state index contributed by atoms with van der Waals surface area (Å²) in [6.07, 6.45) is 9.34. The van der Waals surface area contributed by atoms with E-state index < -0.39 is 17.5 Å². The second kappa shape index (κ2) is 6.06. The van der Waals surface area contributed by atoms with Crippen LogP contribution >= 0.6 is 11.3 Å². The van der Waals surface area contributed by atoms with Crippen molar-refractivity contribution in [3.8, 4) is 12.3 Å². The summed E-state index contributed by atoms with van der Waals surface area (Å²) in [5.74, 6) is 0.249. The number of hydrogen-bond acceptors (Lipinski definition) is 4. The summed E-state index contributed by atoms with van der Waals surface area (Å²) in [5, 5.41) is 0. The Kier molecular flexibility index (Phi) is 3.95. The van der Waals surface area contributed by atoms with Crippen LogP contribution in [0.1, 0.15) is 10.5 Å². The molecule has 0 spiro atoms. The molecule has 23 heavy (non-hydrogen) atoms. The highest BCUT2D eigenvalue weighted by Gasteiger charge is 2.14. The molecule has 3 rings (SSSR count). The molecule has 0 aliphatic heterocycles. The molecule has 1 aromatic carbocycles. The molecule has 0 bridgehead atoms. The number of carbonyl (C=O) groups excluding carboxylic acids is 1. The van der Waals surface area contributed by atoms with E-state index in [1.54, 1.807) is 0 Å². The fraction of sp³-hybridized carbons (Fsp3) is 0.0667. The third-order valence-corrected chi connectivity index (χ3v) is 3.95. The lowest BCUT2D eigenvalue weighted by Gasteiger charge is -2.01. The van der Waals surface area contributed by atoms with Gasteiger partial charge in [0, 0.05) is 18.5 Å². The van der Waals surface area contributed by atoms with E-state index in [-0.39, 0.29) is 22.6 Å².